The normalized spacial score (nSPS) is 13.7. The van der Waals surface area contributed by atoms with Gasteiger partial charge in [0.25, 0.3) is 0 Å². The van der Waals surface area contributed by atoms with Crippen molar-refractivity contribution in [2.45, 2.75) is 39.8 Å². The molecule has 0 spiro atoms. The second-order valence-corrected chi connectivity index (χ2v) is 8.50. The maximum absolute atomic E-state index is 12.7. The van der Waals surface area contributed by atoms with Gasteiger partial charge in [-0.25, -0.2) is 8.42 Å². The molecule has 0 unspecified atom stereocenters. The number of carbonyl (C=O) groups is 1. The lowest BCUT2D eigenvalue weighted by molar-refractivity contribution is -0.122. The van der Waals surface area contributed by atoms with Crippen LogP contribution in [0.5, 0.6) is 0 Å². The monoisotopic (exact) mass is 374 g/mol. The van der Waals surface area contributed by atoms with Gasteiger partial charge in [0.1, 0.15) is 6.04 Å². The zero-order valence-electron chi connectivity index (χ0n) is 15.9. The van der Waals surface area contributed by atoms with Crippen molar-refractivity contribution in [3.05, 3.63) is 65.2 Å². The van der Waals surface area contributed by atoms with Crippen molar-refractivity contribution in [2.75, 3.05) is 10.6 Å². The van der Waals surface area contributed by atoms with Gasteiger partial charge in [-0.1, -0.05) is 36.4 Å². The van der Waals surface area contributed by atoms with E-state index < -0.39 is 16.1 Å². The standard InChI is InChI=1S/C20H26N2O3S/c1-14-11-12-18(13-15(14)2)16(3)21-20(23)17(4)22(26(5,24)25)19-9-7-6-8-10-19/h6-13,16-17H,1-5H3,(H,21,23)/t16-,17+/m1/s1. The summed E-state index contributed by atoms with van der Waals surface area (Å²) in [5.74, 6) is -0.343. The predicted octanol–water partition coefficient (Wildman–Crippen LogP) is 3.34. The minimum absolute atomic E-state index is 0.221. The van der Waals surface area contributed by atoms with E-state index in [1.807, 2.05) is 39.0 Å². The van der Waals surface area contributed by atoms with Crippen LogP contribution in [0.2, 0.25) is 0 Å². The lowest BCUT2D eigenvalue weighted by Gasteiger charge is -2.29. The molecule has 0 heterocycles. The molecule has 6 heteroatoms. The molecule has 140 valence electrons. The Labute approximate surface area is 156 Å². The quantitative estimate of drug-likeness (QED) is 0.843. The smallest absolute Gasteiger partial charge is 0.244 e. The molecule has 0 aromatic heterocycles. The number of hydrogen-bond acceptors (Lipinski definition) is 3. The summed E-state index contributed by atoms with van der Waals surface area (Å²) < 4.78 is 25.7. The number of carbonyl (C=O) groups excluding carboxylic acids is 1. The molecule has 26 heavy (non-hydrogen) atoms. The minimum Gasteiger partial charge on any atom is -0.348 e. The molecule has 0 radical (unpaired) electrons. The van der Waals surface area contributed by atoms with Crippen molar-refractivity contribution in [1.82, 2.24) is 5.32 Å². The number of amides is 1. The Bertz CT molecular complexity index is 879. The van der Waals surface area contributed by atoms with Crippen LogP contribution in [0.3, 0.4) is 0 Å². The molecule has 0 aliphatic carbocycles. The average molecular weight is 375 g/mol. The fourth-order valence-corrected chi connectivity index (χ4v) is 4.01. The molecule has 0 saturated heterocycles. The van der Waals surface area contributed by atoms with Gasteiger partial charge in [-0.15, -0.1) is 0 Å². The fraction of sp³-hybridized carbons (Fsp3) is 0.350. The number of benzene rings is 2. The maximum atomic E-state index is 12.7. The zero-order valence-corrected chi connectivity index (χ0v) is 16.7. The Balaban J connectivity index is 2.22. The third-order valence-corrected chi connectivity index (χ3v) is 5.73. The molecular formula is C20H26N2O3S. The number of hydrogen-bond donors (Lipinski definition) is 1. The Hall–Kier alpha value is -2.34. The Morgan fingerprint density at radius 3 is 2.15 bits per heavy atom. The number of aryl methyl sites for hydroxylation is 2. The Kier molecular flexibility index (Phi) is 6.08. The van der Waals surface area contributed by atoms with Gasteiger partial charge >= 0.3 is 0 Å². The van der Waals surface area contributed by atoms with Gasteiger partial charge < -0.3 is 5.32 Å². The van der Waals surface area contributed by atoms with Crippen LogP contribution in [0.1, 0.15) is 36.6 Å². The predicted molar refractivity (Wildman–Crippen MR) is 106 cm³/mol. The highest BCUT2D eigenvalue weighted by Crippen LogP contribution is 2.21. The van der Waals surface area contributed by atoms with Gasteiger partial charge in [0.15, 0.2) is 0 Å². The van der Waals surface area contributed by atoms with Gasteiger partial charge in [-0.3, -0.25) is 9.10 Å². The van der Waals surface area contributed by atoms with Crippen LogP contribution in [0.4, 0.5) is 5.69 Å². The maximum Gasteiger partial charge on any atom is 0.244 e. The van der Waals surface area contributed by atoms with E-state index in [0.29, 0.717) is 5.69 Å². The molecule has 2 atom stereocenters. The summed E-state index contributed by atoms with van der Waals surface area (Å²) in [6.07, 6.45) is 1.11. The highest BCUT2D eigenvalue weighted by atomic mass is 32.2. The van der Waals surface area contributed by atoms with Gasteiger partial charge in [0.2, 0.25) is 15.9 Å². The molecule has 2 aromatic carbocycles. The highest BCUT2D eigenvalue weighted by molar-refractivity contribution is 7.92. The van der Waals surface area contributed by atoms with Crippen molar-refractivity contribution in [3.8, 4) is 0 Å². The topological polar surface area (TPSA) is 66.5 Å². The van der Waals surface area contributed by atoms with E-state index in [1.54, 1.807) is 37.3 Å². The molecule has 1 N–H and O–H groups in total. The summed E-state index contributed by atoms with van der Waals surface area (Å²) in [7, 11) is -3.60. The summed E-state index contributed by atoms with van der Waals surface area (Å²) in [5.41, 5.74) is 3.79. The first kappa shape index (κ1) is 20.0. The van der Waals surface area contributed by atoms with Crippen LogP contribution < -0.4 is 9.62 Å². The van der Waals surface area contributed by atoms with Gasteiger partial charge in [0.05, 0.1) is 18.0 Å². The lowest BCUT2D eigenvalue weighted by Crippen LogP contribution is -2.48. The number of nitrogens with one attached hydrogen (secondary N) is 1. The van der Waals surface area contributed by atoms with Crippen LogP contribution >= 0.6 is 0 Å². The van der Waals surface area contributed by atoms with Crippen LogP contribution in [0, 0.1) is 13.8 Å². The molecular weight excluding hydrogens is 348 g/mol. The Morgan fingerprint density at radius 1 is 1.00 bits per heavy atom. The lowest BCUT2D eigenvalue weighted by atomic mass is 10.0. The van der Waals surface area contributed by atoms with E-state index in [0.717, 1.165) is 21.7 Å². The first-order valence-electron chi connectivity index (χ1n) is 8.53. The molecule has 0 aliphatic heterocycles. The molecule has 0 fully saturated rings. The highest BCUT2D eigenvalue weighted by Gasteiger charge is 2.29. The van der Waals surface area contributed by atoms with Crippen molar-refractivity contribution in [1.29, 1.82) is 0 Å². The number of anilines is 1. The van der Waals surface area contributed by atoms with Crippen LogP contribution in [0.15, 0.2) is 48.5 Å². The van der Waals surface area contributed by atoms with E-state index in [1.165, 1.54) is 5.56 Å². The molecule has 0 saturated carbocycles. The first-order valence-corrected chi connectivity index (χ1v) is 10.4. The van der Waals surface area contributed by atoms with E-state index >= 15 is 0 Å². The number of nitrogens with zero attached hydrogens (tertiary/aromatic N) is 1. The second-order valence-electron chi connectivity index (χ2n) is 6.64. The Morgan fingerprint density at radius 2 is 1.62 bits per heavy atom. The van der Waals surface area contributed by atoms with Crippen LogP contribution in [0.25, 0.3) is 0 Å². The van der Waals surface area contributed by atoms with Crippen LogP contribution in [-0.2, 0) is 14.8 Å². The van der Waals surface area contributed by atoms with Crippen molar-refractivity contribution < 1.29 is 13.2 Å². The second kappa shape index (κ2) is 7.91. The summed E-state index contributed by atoms with van der Waals surface area (Å²) in [6, 6.07) is 13.6. The molecule has 0 bridgehead atoms. The van der Waals surface area contributed by atoms with E-state index in [2.05, 4.69) is 5.32 Å². The van der Waals surface area contributed by atoms with Crippen molar-refractivity contribution in [3.63, 3.8) is 0 Å². The third kappa shape index (κ3) is 4.64. The van der Waals surface area contributed by atoms with Crippen LogP contribution in [-0.4, -0.2) is 26.6 Å². The average Bonchev–Trinajstić information content (AvgIpc) is 2.57. The van der Waals surface area contributed by atoms with E-state index in [9.17, 15) is 13.2 Å². The number of rotatable bonds is 6. The summed E-state index contributed by atoms with van der Waals surface area (Å²) in [4.78, 5) is 12.7. The van der Waals surface area contributed by atoms with Gasteiger partial charge in [0, 0.05) is 0 Å². The van der Waals surface area contributed by atoms with Gasteiger partial charge in [-0.05, 0) is 56.5 Å². The number of sulfonamides is 1. The van der Waals surface area contributed by atoms with E-state index in [4.69, 9.17) is 0 Å². The molecule has 2 aromatic rings. The van der Waals surface area contributed by atoms with Crippen molar-refractivity contribution >= 4 is 21.6 Å². The number of para-hydroxylation sites is 1. The summed E-state index contributed by atoms with van der Waals surface area (Å²) in [5, 5.41) is 2.92. The molecule has 1 amide bonds. The molecule has 0 aliphatic rings. The molecule has 5 nitrogen and oxygen atoms in total. The minimum atomic E-state index is -3.60. The summed E-state index contributed by atoms with van der Waals surface area (Å²) in [6.45, 7) is 7.55. The molecule has 2 rings (SSSR count). The van der Waals surface area contributed by atoms with Crippen molar-refractivity contribution in [2.24, 2.45) is 0 Å². The van der Waals surface area contributed by atoms with E-state index in [-0.39, 0.29) is 11.9 Å². The fourth-order valence-electron chi connectivity index (χ4n) is 2.83. The summed E-state index contributed by atoms with van der Waals surface area (Å²) >= 11 is 0. The largest absolute Gasteiger partial charge is 0.348 e. The third-order valence-electron chi connectivity index (χ3n) is 4.49. The SMILES string of the molecule is Cc1ccc([C@@H](C)NC(=O)[C@H](C)N(c2ccccc2)S(C)(=O)=O)cc1C. The zero-order chi connectivity index (χ0) is 19.5. The van der Waals surface area contributed by atoms with Gasteiger partial charge in [-0.2, -0.15) is 0 Å². The first-order chi connectivity index (χ1) is 12.1.